The van der Waals surface area contributed by atoms with Gasteiger partial charge in [-0.3, -0.25) is 9.48 Å². The SMILES string of the molecule is CCn1ncc(-c2cccc(C(=O)N3CCC(C#N)CC3)c2)c1C. The molecule has 0 saturated carbocycles. The van der Waals surface area contributed by atoms with Crippen LogP contribution in [0.2, 0.25) is 0 Å². The number of rotatable bonds is 3. The summed E-state index contributed by atoms with van der Waals surface area (Å²) in [7, 11) is 0. The molecule has 1 amide bonds. The molecule has 0 unspecified atom stereocenters. The van der Waals surface area contributed by atoms with E-state index in [9.17, 15) is 4.79 Å². The smallest absolute Gasteiger partial charge is 0.253 e. The second-order valence-electron chi connectivity index (χ2n) is 6.24. The normalized spacial score (nSPS) is 15.3. The summed E-state index contributed by atoms with van der Waals surface area (Å²) < 4.78 is 1.95. The fraction of sp³-hybridized carbons (Fsp3) is 0.421. The summed E-state index contributed by atoms with van der Waals surface area (Å²) in [5.41, 5.74) is 3.89. The molecule has 0 N–H and O–H groups in total. The number of nitriles is 1. The van der Waals surface area contributed by atoms with Crippen molar-refractivity contribution in [1.29, 1.82) is 5.26 Å². The lowest BCUT2D eigenvalue weighted by molar-refractivity contribution is 0.0707. The maximum absolute atomic E-state index is 12.7. The van der Waals surface area contributed by atoms with Crippen LogP contribution in [-0.2, 0) is 6.54 Å². The minimum absolute atomic E-state index is 0.0498. The van der Waals surface area contributed by atoms with E-state index in [1.54, 1.807) is 0 Å². The van der Waals surface area contributed by atoms with Gasteiger partial charge in [0.15, 0.2) is 0 Å². The minimum atomic E-state index is 0.0498. The lowest BCUT2D eigenvalue weighted by Crippen LogP contribution is -2.38. The van der Waals surface area contributed by atoms with Gasteiger partial charge >= 0.3 is 0 Å². The predicted molar refractivity (Wildman–Crippen MR) is 92.3 cm³/mol. The van der Waals surface area contributed by atoms with Crippen molar-refractivity contribution in [3.8, 4) is 17.2 Å². The number of aromatic nitrogens is 2. The van der Waals surface area contributed by atoms with Gasteiger partial charge in [-0.1, -0.05) is 12.1 Å². The van der Waals surface area contributed by atoms with Crippen molar-refractivity contribution in [1.82, 2.24) is 14.7 Å². The molecule has 1 aliphatic rings. The predicted octanol–water partition coefficient (Wildman–Crippen LogP) is 3.25. The molecule has 1 fully saturated rings. The molecule has 1 aliphatic heterocycles. The molecule has 3 rings (SSSR count). The third kappa shape index (κ3) is 3.05. The van der Waals surface area contributed by atoms with Crippen LogP contribution in [0.4, 0.5) is 0 Å². The second kappa shape index (κ2) is 6.88. The highest BCUT2D eigenvalue weighted by Crippen LogP contribution is 2.25. The number of benzene rings is 1. The average Bonchev–Trinajstić information content (AvgIpc) is 3.02. The van der Waals surface area contributed by atoms with Crippen molar-refractivity contribution >= 4 is 5.91 Å². The molecule has 5 heteroatoms. The molecular formula is C19H22N4O. The Bertz CT molecular complexity index is 779. The van der Waals surface area contributed by atoms with Crippen LogP contribution in [0, 0.1) is 24.2 Å². The number of nitrogens with zero attached hydrogens (tertiary/aromatic N) is 4. The standard InChI is InChI=1S/C19H22N4O/c1-3-23-14(2)18(13-21-23)16-5-4-6-17(11-16)19(24)22-9-7-15(12-20)8-10-22/h4-6,11,13,15H,3,7-10H2,1-2H3. The van der Waals surface area contributed by atoms with Crippen LogP contribution in [-0.4, -0.2) is 33.7 Å². The first-order valence-corrected chi connectivity index (χ1v) is 8.45. The monoisotopic (exact) mass is 322 g/mol. The fourth-order valence-corrected chi connectivity index (χ4v) is 3.26. The van der Waals surface area contributed by atoms with Gasteiger partial charge in [-0.25, -0.2) is 0 Å². The third-order valence-electron chi connectivity index (χ3n) is 4.79. The number of hydrogen-bond donors (Lipinski definition) is 0. The molecule has 1 aromatic carbocycles. The van der Waals surface area contributed by atoms with Gasteiger partial charge in [0.2, 0.25) is 0 Å². The van der Waals surface area contributed by atoms with E-state index in [1.165, 1.54) is 0 Å². The van der Waals surface area contributed by atoms with E-state index in [-0.39, 0.29) is 11.8 Å². The molecule has 0 radical (unpaired) electrons. The highest BCUT2D eigenvalue weighted by Gasteiger charge is 2.23. The molecule has 2 aromatic rings. The van der Waals surface area contributed by atoms with Crippen LogP contribution in [0.1, 0.15) is 35.8 Å². The number of likely N-dealkylation sites (tertiary alicyclic amines) is 1. The number of carbonyl (C=O) groups excluding carboxylic acids is 1. The van der Waals surface area contributed by atoms with Crippen molar-refractivity contribution in [2.45, 2.75) is 33.2 Å². The first-order valence-electron chi connectivity index (χ1n) is 8.45. The lowest BCUT2D eigenvalue weighted by Gasteiger charge is -2.29. The van der Waals surface area contributed by atoms with Crippen molar-refractivity contribution in [2.75, 3.05) is 13.1 Å². The molecule has 0 spiro atoms. The Labute approximate surface area is 142 Å². The van der Waals surface area contributed by atoms with Crippen LogP contribution >= 0.6 is 0 Å². The number of aryl methyl sites for hydroxylation is 1. The van der Waals surface area contributed by atoms with E-state index in [1.807, 2.05) is 47.0 Å². The summed E-state index contributed by atoms with van der Waals surface area (Å²) in [5.74, 6) is 0.136. The van der Waals surface area contributed by atoms with Crippen LogP contribution in [0.25, 0.3) is 11.1 Å². The van der Waals surface area contributed by atoms with E-state index in [2.05, 4.69) is 18.1 Å². The first kappa shape index (κ1) is 16.3. The first-order chi connectivity index (χ1) is 11.6. The van der Waals surface area contributed by atoms with Gasteiger partial charge in [-0.05, 0) is 44.4 Å². The molecule has 2 heterocycles. The fourth-order valence-electron chi connectivity index (χ4n) is 3.26. The topological polar surface area (TPSA) is 61.9 Å². The Hall–Kier alpha value is -2.61. The third-order valence-corrected chi connectivity index (χ3v) is 4.79. The van der Waals surface area contributed by atoms with E-state index in [0.29, 0.717) is 18.7 Å². The maximum Gasteiger partial charge on any atom is 0.253 e. The largest absolute Gasteiger partial charge is 0.339 e. The van der Waals surface area contributed by atoms with Crippen molar-refractivity contribution in [3.05, 3.63) is 41.7 Å². The highest BCUT2D eigenvalue weighted by atomic mass is 16.2. The summed E-state index contributed by atoms with van der Waals surface area (Å²) in [5, 5.41) is 13.4. The zero-order chi connectivity index (χ0) is 17.1. The molecule has 1 aromatic heterocycles. The number of carbonyl (C=O) groups is 1. The molecule has 0 bridgehead atoms. The lowest BCUT2D eigenvalue weighted by atomic mass is 9.97. The Kier molecular flexibility index (Phi) is 4.66. The van der Waals surface area contributed by atoms with Crippen LogP contribution < -0.4 is 0 Å². The Morgan fingerprint density at radius 1 is 1.38 bits per heavy atom. The van der Waals surface area contributed by atoms with E-state index < -0.39 is 0 Å². The highest BCUT2D eigenvalue weighted by molar-refractivity contribution is 5.95. The zero-order valence-electron chi connectivity index (χ0n) is 14.2. The van der Waals surface area contributed by atoms with E-state index in [4.69, 9.17) is 5.26 Å². The van der Waals surface area contributed by atoms with Crippen LogP contribution in [0.5, 0.6) is 0 Å². The maximum atomic E-state index is 12.7. The van der Waals surface area contributed by atoms with Gasteiger partial charge in [0.1, 0.15) is 0 Å². The van der Waals surface area contributed by atoms with Gasteiger partial charge in [0, 0.05) is 42.4 Å². The zero-order valence-corrected chi connectivity index (χ0v) is 14.2. The average molecular weight is 322 g/mol. The molecule has 5 nitrogen and oxygen atoms in total. The molecule has 24 heavy (non-hydrogen) atoms. The molecule has 0 aliphatic carbocycles. The molecule has 0 atom stereocenters. The van der Waals surface area contributed by atoms with E-state index in [0.717, 1.165) is 36.2 Å². The summed E-state index contributed by atoms with van der Waals surface area (Å²) in [6.07, 6.45) is 3.40. The quantitative estimate of drug-likeness (QED) is 0.871. The summed E-state index contributed by atoms with van der Waals surface area (Å²) in [4.78, 5) is 14.6. The second-order valence-corrected chi connectivity index (χ2v) is 6.24. The van der Waals surface area contributed by atoms with Gasteiger partial charge in [-0.15, -0.1) is 0 Å². The van der Waals surface area contributed by atoms with Gasteiger partial charge in [0.25, 0.3) is 5.91 Å². The molecule has 1 saturated heterocycles. The van der Waals surface area contributed by atoms with Gasteiger partial charge in [0.05, 0.1) is 12.3 Å². The van der Waals surface area contributed by atoms with Crippen molar-refractivity contribution in [3.63, 3.8) is 0 Å². The summed E-state index contributed by atoms with van der Waals surface area (Å²) in [6.45, 7) is 6.27. The molecular weight excluding hydrogens is 300 g/mol. The Morgan fingerprint density at radius 3 is 2.75 bits per heavy atom. The number of hydrogen-bond acceptors (Lipinski definition) is 3. The van der Waals surface area contributed by atoms with Crippen LogP contribution in [0.3, 0.4) is 0 Å². The Balaban J connectivity index is 1.81. The van der Waals surface area contributed by atoms with E-state index >= 15 is 0 Å². The van der Waals surface area contributed by atoms with Crippen molar-refractivity contribution in [2.24, 2.45) is 5.92 Å². The summed E-state index contributed by atoms with van der Waals surface area (Å²) in [6, 6.07) is 10.1. The molecule has 124 valence electrons. The van der Waals surface area contributed by atoms with Gasteiger partial charge < -0.3 is 4.90 Å². The number of amides is 1. The van der Waals surface area contributed by atoms with Crippen molar-refractivity contribution < 1.29 is 4.79 Å². The minimum Gasteiger partial charge on any atom is -0.339 e. The Morgan fingerprint density at radius 2 is 2.12 bits per heavy atom. The summed E-state index contributed by atoms with van der Waals surface area (Å²) >= 11 is 0. The van der Waals surface area contributed by atoms with Gasteiger partial charge in [-0.2, -0.15) is 10.4 Å². The number of piperidine rings is 1. The van der Waals surface area contributed by atoms with Crippen LogP contribution in [0.15, 0.2) is 30.5 Å².